The average molecular weight is 481 g/mol. The van der Waals surface area contributed by atoms with E-state index in [1.54, 1.807) is 0 Å². The topological polar surface area (TPSA) is 99.1 Å². The minimum atomic E-state index is -3.80. The first-order chi connectivity index (χ1) is 15.0. The van der Waals surface area contributed by atoms with Gasteiger partial charge in [0, 0.05) is 46.4 Å². The second kappa shape index (κ2) is 11.7. The van der Waals surface area contributed by atoms with Gasteiger partial charge >= 0.3 is 10.2 Å². The van der Waals surface area contributed by atoms with E-state index in [0.717, 1.165) is 19.7 Å². The Hall–Kier alpha value is -2.11. The molecule has 0 aliphatic heterocycles. The Morgan fingerprint density at radius 2 is 1.38 bits per heavy atom. The summed E-state index contributed by atoms with van der Waals surface area (Å²) in [6.45, 7) is 0. The summed E-state index contributed by atoms with van der Waals surface area (Å²) in [5.41, 5.74) is 2.40. The Morgan fingerprint density at radius 3 is 1.88 bits per heavy atom. The van der Waals surface area contributed by atoms with Crippen molar-refractivity contribution in [2.75, 3.05) is 28.2 Å². The lowest BCUT2D eigenvalue weighted by atomic mass is 9.99. The summed E-state index contributed by atoms with van der Waals surface area (Å²) >= 11 is 0. The van der Waals surface area contributed by atoms with E-state index in [1.807, 2.05) is 60.7 Å². The van der Waals surface area contributed by atoms with Crippen molar-refractivity contribution in [3.05, 3.63) is 71.8 Å². The molecule has 1 N–H and O–H groups in total. The van der Waals surface area contributed by atoms with Crippen LogP contribution in [0.1, 0.15) is 24.0 Å². The van der Waals surface area contributed by atoms with E-state index in [-0.39, 0.29) is 0 Å². The van der Waals surface area contributed by atoms with Gasteiger partial charge in [-0.25, -0.2) is 0 Å². The lowest BCUT2D eigenvalue weighted by Gasteiger charge is -2.22. The molecule has 0 aromatic heterocycles. The molecule has 0 aliphatic rings. The van der Waals surface area contributed by atoms with Gasteiger partial charge in [0.2, 0.25) is 0 Å². The van der Waals surface area contributed by atoms with Crippen molar-refractivity contribution in [1.29, 1.82) is 0 Å². The zero-order valence-electron chi connectivity index (χ0n) is 19.0. The third kappa shape index (κ3) is 8.44. The number of hydrogen-bond donors (Lipinski definition) is 1. The number of rotatable bonds is 12. The van der Waals surface area contributed by atoms with Gasteiger partial charge < -0.3 is 0 Å². The third-order valence-electron chi connectivity index (χ3n) is 4.86. The van der Waals surface area contributed by atoms with Crippen molar-refractivity contribution in [3.8, 4) is 0 Å². The van der Waals surface area contributed by atoms with Crippen molar-refractivity contribution >= 4 is 26.1 Å². The molecule has 0 saturated heterocycles. The first-order valence-corrected chi connectivity index (χ1v) is 13.1. The van der Waals surface area contributed by atoms with Crippen LogP contribution in [0.4, 0.5) is 0 Å². The number of hydrogen-bond acceptors (Lipinski definition) is 4. The van der Waals surface area contributed by atoms with Gasteiger partial charge in [-0.3, -0.25) is 0 Å². The summed E-state index contributed by atoms with van der Waals surface area (Å²) in [7, 11) is -1.66. The average Bonchev–Trinajstić information content (AvgIpc) is 2.72. The summed E-state index contributed by atoms with van der Waals surface area (Å²) in [6.07, 6.45) is 1.57. The van der Waals surface area contributed by atoms with E-state index in [1.165, 1.54) is 28.2 Å². The lowest BCUT2D eigenvalue weighted by Crippen LogP contribution is -2.43. The van der Waals surface area contributed by atoms with Crippen LogP contribution in [0.3, 0.4) is 0 Å². The fourth-order valence-electron chi connectivity index (χ4n) is 3.00. The smallest absolute Gasteiger partial charge is 0.199 e. The zero-order chi connectivity index (χ0) is 23.8. The predicted molar refractivity (Wildman–Crippen MR) is 129 cm³/mol. The summed E-state index contributed by atoms with van der Waals surface area (Å²) in [6, 6.07) is 18.6. The van der Waals surface area contributed by atoms with E-state index < -0.39 is 26.5 Å². The van der Waals surface area contributed by atoms with Gasteiger partial charge in [-0.1, -0.05) is 60.7 Å². The van der Waals surface area contributed by atoms with Crippen molar-refractivity contribution in [1.82, 2.24) is 13.3 Å². The summed E-state index contributed by atoms with van der Waals surface area (Å²) in [5, 5.41) is 0. The molecule has 0 unspecified atom stereocenters. The van der Waals surface area contributed by atoms with E-state index in [4.69, 9.17) is 0 Å². The molecule has 0 heterocycles. The molecule has 1 atom stereocenters. The van der Waals surface area contributed by atoms with Crippen LogP contribution < -0.4 is 4.72 Å². The van der Waals surface area contributed by atoms with Gasteiger partial charge in [-0.2, -0.15) is 34.6 Å². The maximum Gasteiger partial charge on any atom is 0.321 e. The maximum atomic E-state index is 12.5. The Labute approximate surface area is 192 Å². The van der Waals surface area contributed by atoms with Crippen molar-refractivity contribution in [2.45, 2.75) is 31.7 Å². The second-order valence-corrected chi connectivity index (χ2v) is 11.6. The Morgan fingerprint density at radius 1 is 0.844 bits per heavy atom. The minimum Gasteiger partial charge on any atom is -0.199 e. The van der Waals surface area contributed by atoms with Crippen LogP contribution in [-0.2, 0) is 33.3 Å². The molecular weight excluding hydrogens is 448 g/mol. The standard InChI is InChI=1S/C22H32N4O4S2/c1-25(2)31(27,28)23-21(17-19-11-7-5-8-12-19)15-16-22(24-32(29,30)26(3)4)18-20-13-9-6-10-14-20/h5-14,21,23H,15-18H2,1-4H3/t21-/m1/s1. The van der Waals surface area contributed by atoms with Gasteiger partial charge in [0.05, 0.1) is 0 Å². The van der Waals surface area contributed by atoms with Crippen LogP contribution in [0.5, 0.6) is 0 Å². The first kappa shape index (κ1) is 26.1. The SMILES string of the molecule is CN(C)S(=O)(=O)N=C(CC[C@H](Cc1ccccc1)NS(=O)(=O)N(C)C)Cc1ccccc1. The van der Waals surface area contributed by atoms with Gasteiger partial charge in [-0.15, -0.1) is 0 Å². The van der Waals surface area contributed by atoms with E-state index in [2.05, 4.69) is 9.12 Å². The maximum absolute atomic E-state index is 12.5. The van der Waals surface area contributed by atoms with Crippen molar-refractivity contribution < 1.29 is 16.8 Å². The quantitative estimate of drug-likeness (QED) is 0.471. The van der Waals surface area contributed by atoms with E-state index in [9.17, 15) is 16.8 Å². The number of nitrogens with zero attached hydrogens (tertiary/aromatic N) is 3. The Kier molecular flexibility index (Phi) is 9.53. The van der Waals surface area contributed by atoms with Crippen LogP contribution in [0, 0.1) is 0 Å². The molecule has 0 radical (unpaired) electrons. The van der Waals surface area contributed by atoms with Gasteiger partial charge in [0.15, 0.2) is 0 Å². The molecule has 2 aromatic rings. The molecule has 32 heavy (non-hydrogen) atoms. The van der Waals surface area contributed by atoms with Gasteiger partial charge in [-0.05, 0) is 30.4 Å². The molecule has 10 heteroatoms. The summed E-state index contributed by atoms with van der Waals surface area (Å²) < 4.78 is 58.7. The fraction of sp³-hybridized carbons (Fsp3) is 0.409. The molecule has 2 rings (SSSR count). The van der Waals surface area contributed by atoms with Crippen molar-refractivity contribution in [3.63, 3.8) is 0 Å². The minimum absolute atomic E-state index is 0.329. The van der Waals surface area contributed by atoms with Crippen LogP contribution >= 0.6 is 0 Å². The molecule has 2 aromatic carbocycles. The number of benzene rings is 2. The monoisotopic (exact) mass is 480 g/mol. The Bertz CT molecular complexity index is 1090. The lowest BCUT2D eigenvalue weighted by molar-refractivity contribution is 0.475. The molecular formula is C22H32N4O4S2. The predicted octanol–water partition coefficient (Wildman–Crippen LogP) is 2.26. The molecule has 0 bridgehead atoms. The van der Waals surface area contributed by atoms with Crippen molar-refractivity contribution in [2.24, 2.45) is 4.40 Å². The largest absolute Gasteiger partial charge is 0.321 e. The van der Waals surface area contributed by atoms with Crippen LogP contribution in [0.25, 0.3) is 0 Å². The molecule has 0 spiro atoms. The second-order valence-electron chi connectivity index (χ2n) is 7.91. The molecule has 8 nitrogen and oxygen atoms in total. The third-order valence-corrected chi connectivity index (χ3v) is 7.86. The van der Waals surface area contributed by atoms with Gasteiger partial charge in [0.25, 0.3) is 10.2 Å². The number of nitrogens with one attached hydrogen (secondary N) is 1. The molecule has 0 aliphatic carbocycles. The van der Waals surface area contributed by atoms with Crippen LogP contribution in [0.15, 0.2) is 65.1 Å². The van der Waals surface area contributed by atoms with Crippen LogP contribution in [0.2, 0.25) is 0 Å². The fourth-order valence-corrected chi connectivity index (χ4v) is 4.48. The molecule has 0 amide bonds. The van der Waals surface area contributed by atoms with Gasteiger partial charge in [0.1, 0.15) is 0 Å². The highest BCUT2D eigenvalue weighted by atomic mass is 32.2. The highest BCUT2D eigenvalue weighted by Gasteiger charge is 2.22. The van der Waals surface area contributed by atoms with E-state index in [0.29, 0.717) is 31.4 Å². The van der Waals surface area contributed by atoms with E-state index >= 15 is 0 Å². The molecule has 0 fully saturated rings. The highest BCUT2D eigenvalue weighted by molar-refractivity contribution is 7.88. The summed E-state index contributed by atoms with van der Waals surface area (Å²) in [4.78, 5) is 0. The molecule has 0 saturated carbocycles. The first-order valence-electron chi connectivity index (χ1n) is 10.3. The zero-order valence-corrected chi connectivity index (χ0v) is 20.6. The normalized spacial score (nSPS) is 14.1. The van der Waals surface area contributed by atoms with Crippen LogP contribution in [-0.4, -0.2) is 65.4 Å². The summed E-state index contributed by atoms with van der Waals surface area (Å²) in [5.74, 6) is 0. The highest BCUT2D eigenvalue weighted by Crippen LogP contribution is 2.14. The Balaban J connectivity index is 2.27. The molecule has 176 valence electrons.